The molecule has 2 amide bonds. The highest BCUT2D eigenvalue weighted by Crippen LogP contribution is 2.48. The molecule has 1 aromatic heterocycles. The molecule has 3 aromatic rings. The van der Waals surface area contributed by atoms with Gasteiger partial charge in [-0.3, -0.25) is 14.6 Å². The molecule has 6 nitrogen and oxygen atoms in total. The molecular weight excluding hydrogens is 378 g/mol. The number of hydrogen-bond acceptors (Lipinski definition) is 4. The number of aliphatic hydroxyl groups excluding tert-OH is 1. The van der Waals surface area contributed by atoms with Crippen LogP contribution in [0.3, 0.4) is 0 Å². The summed E-state index contributed by atoms with van der Waals surface area (Å²) in [6, 6.07) is 21.6. The quantitative estimate of drug-likeness (QED) is 0.735. The van der Waals surface area contributed by atoms with Gasteiger partial charge in [-0.1, -0.05) is 42.5 Å². The van der Waals surface area contributed by atoms with Gasteiger partial charge in [0, 0.05) is 29.9 Å². The maximum Gasteiger partial charge on any atom is 0.273 e. The Morgan fingerprint density at radius 1 is 0.933 bits per heavy atom. The first kappa shape index (κ1) is 18.5. The summed E-state index contributed by atoms with van der Waals surface area (Å²) in [4.78, 5) is 34.1. The second-order valence-corrected chi connectivity index (χ2v) is 7.61. The number of likely N-dealkylation sites (tertiary alicyclic amines) is 1. The predicted octanol–water partition coefficient (Wildman–Crippen LogP) is 2.71. The van der Waals surface area contributed by atoms with Gasteiger partial charge < -0.3 is 14.9 Å². The Bertz CT molecular complexity index is 1090. The van der Waals surface area contributed by atoms with Crippen molar-refractivity contribution >= 4 is 17.5 Å². The van der Waals surface area contributed by atoms with Crippen molar-refractivity contribution in [3.8, 4) is 0 Å². The summed E-state index contributed by atoms with van der Waals surface area (Å²) in [5.41, 5.74) is 2.78. The summed E-state index contributed by atoms with van der Waals surface area (Å²) in [5.74, 6) is -0.333. The maximum absolute atomic E-state index is 13.3. The van der Waals surface area contributed by atoms with Gasteiger partial charge in [0.15, 0.2) is 0 Å². The van der Waals surface area contributed by atoms with Crippen LogP contribution >= 0.6 is 0 Å². The third kappa shape index (κ3) is 2.80. The summed E-state index contributed by atoms with van der Waals surface area (Å²) in [5, 5.41) is 10.1. The van der Waals surface area contributed by atoms with Crippen LogP contribution in [-0.2, 0) is 0 Å². The zero-order valence-electron chi connectivity index (χ0n) is 16.3. The molecule has 5 rings (SSSR count). The summed E-state index contributed by atoms with van der Waals surface area (Å²) in [6.45, 7) is 0.241. The topological polar surface area (TPSA) is 73.7 Å². The molecule has 3 atom stereocenters. The van der Waals surface area contributed by atoms with Gasteiger partial charge >= 0.3 is 0 Å². The molecule has 1 N–H and O–H groups in total. The van der Waals surface area contributed by atoms with E-state index < -0.39 is 0 Å². The van der Waals surface area contributed by atoms with Gasteiger partial charge in [-0.2, -0.15) is 0 Å². The van der Waals surface area contributed by atoms with Crippen molar-refractivity contribution in [3.63, 3.8) is 0 Å². The number of nitrogens with zero attached hydrogens (tertiary/aromatic N) is 3. The van der Waals surface area contributed by atoms with Crippen LogP contribution < -0.4 is 4.90 Å². The van der Waals surface area contributed by atoms with E-state index in [1.165, 1.54) is 0 Å². The van der Waals surface area contributed by atoms with Crippen LogP contribution in [0.1, 0.15) is 32.3 Å². The molecule has 0 saturated carbocycles. The van der Waals surface area contributed by atoms with E-state index in [0.717, 1.165) is 11.3 Å². The molecule has 2 aliphatic rings. The van der Waals surface area contributed by atoms with Crippen LogP contribution in [0.4, 0.5) is 5.69 Å². The zero-order chi connectivity index (χ0) is 20.7. The molecule has 0 unspecified atom stereocenters. The number of anilines is 1. The summed E-state index contributed by atoms with van der Waals surface area (Å²) < 4.78 is 0. The molecule has 3 heterocycles. The summed E-state index contributed by atoms with van der Waals surface area (Å²) in [7, 11) is 0. The molecule has 0 radical (unpaired) electrons. The number of rotatable bonds is 3. The van der Waals surface area contributed by atoms with Crippen molar-refractivity contribution in [1.29, 1.82) is 0 Å². The molecule has 2 aliphatic heterocycles. The minimum atomic E-state index is -0.334. The summed E-state index contributed by atoms with van der Waals surface area (Å²) >= 11 is 0. The fourth-order valence-corrected chi connectivity index (χ4v) is 4.72. The molecular formula is C24H21N3O3. The van der Waals surface area contributed by atoms with Gasteiger partial charge in [-0.05, 0) is 35.9 Å². The van der Waals surface area contributed by atoms with Crippen molar-refractivity contribution in [2.24, 2.45) is 0 Å². The lowest BCUT2D eigenvalue weighted by molar-refractivity contribution is -0.0250. The van der Waals surface area contributed by atoms with Crippen molar-refractivity contribution in [2.45, 2.75) is 18.0 Å². The van der Waals surface area contributed by atoms with E-state index in [1.807, 2.05) is 42.5 Å². The third-order valence-electron chi connectivity index (χ3n) is 6.07. The number of aliphatic hydroxyl groups is 1. The Balaban J connectivity index is 1.54. The summed E-state index contributed by atoms with van der Waals surface area (Å²) in [6.07, 6.45) is 1.58. The molecule has 1 saturated heterocycles. The van der Waals surface area contributed by atoms with E-state index in [9.17, 15) is 14.7 Å². The van der Waals surface area contributed by atoms with Crippen LogP contribution in [0.25, 0.3) is 0 Å². The van der Waals surface area contributed by atoms with Gasteiger partial charge in [-0.15, -0.1) is 0 Å². The van der Waals surface area contributed by atoms with Gasteiger partial charge in [0.1, 0.15) is 5.69 Å². The van der Waals surface area contributed by atoms with E-state index in [4.69, 9.17) is 0 Å². The molecule has 30 heavy (non-hydrogen) atoms. The highest BCUT2D eigenvalue weighted by atomic mass is 16.3. The number of amides is 2. The SMILES string of the molecule is O=C(c1ccccc1)N1C[C@@H]2[C@H](c3ccccc31)[C@@H](CO)N2C(=O)c1ccccn1. The lowest BCUT2D eigenvalue weighted by Gasteiger charge is -2.58. The Hall–Kier alpha value is -3.51. The number of carbonyl (C=O) groups is 2. The first-order valence-corrected chi connectivity index (χ1v) is 10.0. The average Bonchev–Trinajstić information content (AvgIpc) is 2.80. The Labute approximate surface area is 174 Å². The van der Waals surface area contributed by atoms with Crippen molar-refractivity contribution in [1.82, 2.24) is 9.88 Å². The Morgan fingerprint density at radius 3 is 2.40 bits per heavy atom. The van der Waals surface area contributed by atoms with Crippen molar-refractivity contribution < 1.29 is 14.7 Å². The average molecular weight is 399 g/mol. The smallest absolute Gasteiger partial charge is 0.273 e. The van der Waals surface area contributed by atoms with E-state index in [2.05, 4.69) is 4.98 Å². The number of pyridine rings is 1. The van der Waals surface area contributed by atoms with Crippen LogP contribution in [0.5, 0.6) is 0 Å². The number of benzene rings is 2. The number of hydrogen-bond donors (Lipinski definition) is 1. The molecule has 0 bridgehead atoms. The minimum absolute atomic E-state index is 0.0151. The second-order valence-electron chi connectivity index (χ2n) is 7.61. The van der Waals surface area contributed by atoms with Gasteiger partial charge in [0.25, 0.3) is 11.8 Å². The molecule has 1 fully saturated rings. The molecule has 150 valence electrons. The van der Waals surface area contributed by atoms with Gasteiger partial charge in [-0.25, -0.2) is 0 Å². The third-order valence-corrected chi connectivity index (χ3v) is 6.07. The van der Waals surface area contributed by atoms with Gasteiger partial charge in [0.05, 0.1) is 18.7 Å². The first-order chi connectivity index (χ1) is 14.7. The standard InChI is InChI=1S/C24H21N3O3/c28-15-21-22-17-10-4-5-12-19(17)26(23(29)16-8-2-1-3-9-16)14-20(22)27(21)24(30)18-11-6-7-13-25-18/h1-13,20-22,28H,14-15H2/t20-,21-,22+/m1/s1. The lowest BCUT2D eigenvalue weighted by atomic mass is 9.71. The maximum atomic E-state index is 13.3. The lowest BCUT2D eigenvalue weighted by Crippen LogP contribution is -2.70. The van der Waals surface area contributed by atoms with Crippen molar-refractivity contribution in [3.05, 3.63) is 95.8 Å². The fourth-order valence-electron chi connectivity index (χ4n) is 4.72. The van der Waals surface area contributed by atoms with E-state index >= 15 is 0 Å². The largest absolute Gasteiger partial charge is 0.394 e. The molecule has 0 spiro atoms. The van der Waals surface area contributed by atoms with Gasteiger partial charge in [0.2, 0.25) is 0 Å². The normalized spacial score (nSPS) is 22.0. The van der Waals surface area contributed by atoms with E-state index in [1.54, 1.807) is 46.3 Å². The predicted molar refractivity (Wildman–Crippen MR) is 112 cm³/mol. The minimum Gasteiger partial charge on any atom is -0.394 e. The van der Waals surface area contributed by atoms with Crippen LogP contribution in [0, 0.1) is 0 Å². The van der Waals surface area contributed by atoms with Crippen molar-refractivity contribution in [2.75, 3.05) is 18.1 Å². The number of carbonyl (C=O) groups excluding carboxylic acids is 2. The highest BCUT2D eigenvalue weighted by molar-refractivity contribution is 6.07. The molecule has 6 heteroatoms. The molecule has 0 aliphatic carbocycles. The Morgan fingerprint density at radius 2 is 1.67 bits per heavy atom. The monoisotopic (exact) mass is 399 g/mol. The van der Waals surface area contributed by atoms with E-state index in [0.29, 0.717) is 17.8 Å². The second kappa shape index (κ2) is 7.39. The Kier molecular flexibility index (Phi) is 4.56. The number of aromatic nitrogens is 1. The number of fused-ring (bicyclic) bond motifs is 3. The number of para-hydroxylation sites is 1. The van der Waals surface area contributed by atoms with E-state index in [-0.39, 0.29) is 36.4 Å². The highest BCUT2D eigenvalue weighted by Gasteiger charge is 2.55. The zero-order valence-corrected chi connectivity index (χ0v) is 16.3. The van der Waals surface area contributed by atoms with Crippen LogP contribution in [0.2, 0.25) is 0 Å². The fraction of sp³-hybridized carbons (Fsp3) is 0.208. The molecule has 2 aromatic carbocycles. The van der Waals surface area contributed by atoms with Crippen LogP contribution in [-0.4, -0.2) is 52.0 Å². The first-order valence-electron chi connectivity index (χ1n) is 10.0. The van der Waals surface area contributed by atoms with Crippen LogP contribution in [0.15, 0.2) is 79.0 Å².